The third-order valence-electron chi connectivity index (χ3n) is 3.71. The quantitative estimate of drug-likeness (QED) is 0.617. The minimum Gasteiger partial charge on any atom is -0.364 e. The largest absolute Gasteiger partial charge is 0.364 e. The third kappa shape index (κ3) is 3.46. The maximum Gasteiger partial charge on any atom is 0.226 e. The average Bonchev–Trinajstić information content (AvgIpc) is 3.03. The monoisotopic (exact) mass is 325 g/mol. The molecule has 0 bridgehead atoms. The fourth-order valence-corrected chi connectivity index (χ4v) is 2.46. The molecule has 0 atom stereocenters. The molecule has 1 aromatic carbocycles. The highest BCUT2D eigenvalue weighted by Crippen LogP contribution is 2.23. The van der Waals surface area contributed by atoms with Crippen LogP contribution in [-0.4, -0.2) is 32.6 Å². The molecule has 0 aliphatic heterocycles. The van der Waals surface area contributed by atoms with Crippen molar-refractivity contribution in [1.29, 1.82) is 0 Å². The highest BCUT2D eigenvalue weighted by Gasteiger charge is 2.14. The predicted molar refractivity (Wildman–Crippen MR) is 97.0 cm³/mol. The van der Waals surface area contributed by atoms with Crippen molar-refractivity contribution in [3.8, 4) is 0 Å². The van der Waals surface area contributed by atoms with Gasteiger partial charge in [0.25, 0.3) is 0 Å². The predicted octanol–water partition coefficient (Wildman–Crippen LogP) is 2.39. The molecule has 24 heavy (non-hydrogen) atoms. The molecule has 0 aliphatic rings. The first-order chi connectivity index (χ1) is 11.7. The van der Waals surface area contributed by atoms with Crippen LogP contribution >= 0.6 is 0 Å². The topological polar surface area (TPSA) is 93.7 Å². The number of anilines is 2. The van der Waals surface area contributed by atoms with E-state index in [4.69, 9.17) is 5.73 Å². The van der Waals surface area contributed by atoms with Gasteiger partial charge in [0.1, 0.15) is 0 Å². The number of hydrogen-bond donors (Lipinski definition) is 3. The number of nitrogens with two attached hydrogens (primary N) is 1. The van der Waals surface area contributed by atoms with Gasteiger partial charge in [0.05, 0.1) is 6.33 Å². The molecule has 0 unspecified atom stereocenters. The van der Waals surface area contributed by atoms with Crippen molar-refractivity contribution in [2.45, 2.75) is 26.4 Å². The van der Waals surface area contributed by atoms with Gasteiger partial charge in [-0.05, 0) is 19.4 Å². The number of nitrogens with zero attached hydrogens (tertiary/aromatic N) is 4. The second-order valence-corrected chi connectivity index (χ2v) is 5.87. The molecule has 126 valence electrons. The highest BCUT2D eigenvalue weighted by molar-refractivity contribution is 5.84. The summed E-state index contributed by atoms with van der Waals surface area (Å²) in [6.07, 6.45) is 1.81. The van der Waals surface area contributed by atoms with Crippen molar-refractivity contribution in [2.75, 3.05) is 23.7 Å². The minimum atomic E-state index is 0.272. The molecule has 2 aromatic heterocycles. The van der Waals surface area contributed by atoms with Crippen molar-refractivity contribution >= 4 is 22.9 Å². The van der Waals surface area contributed by atoms with Crippen LogP contribution in [0, 0.1) is 0 Å². The summed E-state index contributed by atoms with van der Waals surface area (Å²) < 4.78 is 2.04. The first-order valence-corrected chi connectivity index (χ1v) is 8.15. The summed E-state index contributed by atoms with van der Waals surface area (Å²) in [5.74, 6) is 1.29. The first-order valence-electron chi connectivity index (χ1n) is 8.15. The number of rotatable bonds is 7. The lowest BCUT2D eigenvalue weighted by molar-refractivity contribution is 0.613. The van der Waals surface area contributed by atoms with Gasteiger partial charge in [0.2, 0.25) is 5.95 Å². The summed E-state index contributed by atoms with van der Waals surface area (Å²) in [7, 11) is 0. The second-order valence-electron chi connectivity index (χ2n) is 5.87. The summed E-state index contributed by atoms with van der Waals surface area (Å²) in [5.41, 5.74) is 8.34. The maximum atomic E-state index is 5.57. The van der Waals surface area contributed by atoms with Gasteiger partial charge in [-0.25, -0.2) is 4.98 Å². The van der Waals surface area contributed by atoms with Gasteiger partial charge in [-0.2, -0.15) is 9.97 Å². The molecule has 4 N–H and O–H groups in total. The van der Waals surface area contributed by atoms with Crippen LogP contribution in [0.3, 0.4) is 0 Å². The number of fused-ring (bicyclic) bond motifs is 1. The summed E-state index contributed by atoms with van der Waals surface area (Å²) in [4.78, 5) is 13.7. The Bertz CT molecular complexity index is 795. The standard InChI is InChI=1S/C17H23N7/c1-12(2)24-11-21-14-15(20-10-13-6-4-3-5-7-13)22-17(19-9-8-18)23-16(14)24/h3-7,11-12H,8-10,18H2,1-2H3,(H2,19,20,22,23). The lowest BCUT2D eigenvalue weighted by atomic mass is 10.2. The molecule has 3 rings (SSSR count). The SMILES string of the molecule is CC(C)n1cnc2c(NCc3ccccc3)nc(NCCN)nc21. The van der Waals surface area contributed by atoms with E-state index in [1.165, 1.54) is 5.56 Å². The number of nitrogens with one attached hydrogen (secondary N) is 2. The van der Waals surface area contributed by atoms with Crippen molar-refractivity contribution in [3.05, 3.63) is 42.2 Å². The lowest BCUT2D eigenvalue weighted by Crippen LogP contribution is -2.16. The molecule has 7 heteroatoms. The van der Waals surface area contributed by atoms with E-state index in [9.17, 15) is 0 Å². The molecular formula is C17H23N7. The molecule has 3 aromatic rings. The van der Waals surface area contributed by atoms with Crippen LogP contribution in [0.25, 0.3) is 11.2 Å². The Balaban J connectivity index is 1.94. The van der Waals surface area contributed by atoms with Gasteiger partial charge in [-0.3, -0.25) is 0 Å². The van der Waals surface area contributed by atoms with Gasteiger partial charge in [-0.1, -0.05) is 30.3 Å². The lowest BCUT2D eigenvalue weighted by Gasteiger charge is -2.12. The normalized spacial score (nSPS) is 11.2. The number of hydrogen-bond acceptors (Lipinski definition) is 6. The van der Waals surface area contributed by atoms with Gasteiger partial charge < -0.3 is 20.9 Å². The Morgan fingerprint density at radius 1 is 1.12 bits per heavy atom. The highest BCUT2D eigenvalue weighted by atomic mass is 15.2. The van der Waals surface area contributed by atoms with E-state index in [0.29, 0.717) is 25.6 Å². The van der Waals surface area contributed by atoms with Crippen LogP contribution in [0.15, 0.2) is 36.7 Å². The number of imidazole rings is 1. The molecule has 0 amide bonds. The number of aromatic nitrogens is 4. The smallest absolute Gasteiger partial charge is 0.226 e. The zero-order chi connectivity index (χ0) is 16.9. The molecule has 0 saturated carbocycles. The summed E-state index contributed by atoms with van der Waals surface area (Å²) in [5, 5.41) is 6.53. The van der Waals surface area contributed by atoms with Gasteiger partial charge in [0, 0.05) is 25.7 Å². The van der Waals surface area contributed by atoms with Gasteiger partial charge in [0.15, 0.2) is 17.0 Å². The molecule has 0 fully saturated rings. The van der Waals surface area contributed by atoms with E-state index in [1.54, 1.807) is 0 Å². The van der Waals surface area contributed by atoms with Crippen LogP contribution in [0.4, 0.5) is 11.8 Å². The zero-order valence-electron chi connectivity index (χ0n) is 14.0. The Morgan fingerprint density at radius 3 is 2.62 bits per heavy atom. The average molecular weight is 325 g/mol. The van der Waals surface area contributed by atoms with Crippen LogP contribution in [0.1, 0.15) is 25.5 Å². The molecular weight excluding hydrogens is 302 g/mol. The van der Waals surface area contributed by atoms with Crippen LogP contribution in [0.5, 0.6) is 0 Å². The third-order valence-corrected chi connectivity index (χ3v) is 3.71. The summed E-state index contributed by atoms with van der Waals surface area (Å²) in [6, 6.07) is 10.5. The van der Waals surface area contributed by atoms with Crippen molar-refractivity contribution in [2.24, 2.45) is 5.73 Å². The molecule has 0 radical (unpaired) electrons. The Morgan fingerprint density at radius 2 is 1.92 bits per heavy atom. The molecule has 7 nitrogen and oxygen atoms in total. The fraction of sp³-hybridized carbons (Fsp3) is 0.353. The Labute approximate surface area is 141 Å². The first kappa shape index (κ1) is 16.2. The van der Waals surface area contributed by atoms with E-state index in [-0.39, 0.29) is 6.04 Å². The van der Waals surface area contributed by atoms with E-state index in [0.717, 1.165) is 17.0 Å². The molecule has 0 aliphatic carbocycles. The Kier molecular flexibility index (Phi) is 4.90. The van der Waals surface area contributed by atoms with Crippen molar-refractivity contribution in [3.63, 3.8) is 0 Å². The van der Waals surface area contributed by atoms with E-state index < -0.39 is 0 Å². The van der Waals surface area contributed by atoms with E-state index in [1.807, 2.05) is 29.1 Å². The molecule has 2 heterocycles. The second kappa shape index (κ2) is 7.27. The molecule has 0 spiro atoms. The maximum absolute atomic E-state index is 5.57. The van der Waals surface area contributed by atoms with Crippen LogP contribution in [0.2, 0.25) is 0 Å². The van der Waals surface area contributed by atoms with Crippen LogP contribution in [-0.2, 0) is 6.54 Å². The van der Waals surface area contributed by atoms with Crippen molar-refractivity contribution < 1.29 is 0 Å². The Hall–Kier alpha value is -2.67. The van der Waals surface area contributed by atoms with Gasteiger partial charge in [-0.15, -0.1) is 0 Å². The zero-order valence-corrected chi connectivity index (χ0v) is 14.0. The fourth-order valence-electron chi connectivity index (χ4n) is 2.46. The molecule has 0 saturated heterocycles. The van der Waals surface area contributed by atoms with E-state index >= 15 is 0 Å². The van der Waals surface area contributed by atoms with E-state index in [2.05, 4.69) is 51.6 Å². The summed E-state index contributed by atoms with van der Waals surface area (Å²) in [6.45, 7) is 6.04. The summed E-state index contributed by atoms with van der Waals surface area (Å²) >= 11 is 0. The number of benzene rings is 1. The van der Waals surface area contributed by atoms with Gasteiger partial charge >= 0.3 is 0 Å². The van der Waals surface area contributed by atoms with Crippen molar-refractivity contribution in [1.82, 2.24) is 19.5 Å². The van der Waals surface area contributed by atoms with Crippen LogP contribution < -0.4 is 16.4 Å². The minimum absolute atomic E-state index is 0.272.